The summed E-state index contributed by atoms with van der Waals surface area (Å²) in [7, 11) is 1.34. The molecule has 0 saturated heterocycles. The van der Waals surface area contributed by atoms with E-state index in [0.29, 0.717) is 5.56 Å². The van der Waals surface area contributed by atoms with Gasteiger partial charge in [0, 0.05) is 11.8 Å². The van der Waals surface area contributed by atoms with E-state index >= 15 is 0 Å². The van der Waals surface area contributed by atoms with Crippen LogP contribution in [0.4, 0.5) is 5.69 Å². The van der Waals surface area contributed by atoms with E-state index in [1.165, 1.54) is 18.7 Å². The predicted molar refractivity (Wildman–Crippen MR) is 111 cm³/mol. The van der Waals surface area contributed by atoms with Crippen molar-refractivity contribution in [1.82, 2.24) is 0 Å². The van der Waals surface area contributed by atoms with Crippen LogP contribution in [0.15, 0.2) is 84.9 Å². The zero-order chi connectivity index (χ0) is 19.8. The number of benzene rings is 3. The Hall–Kier alpha value is -3.66. The van der Waals surface area contributed by atoms with Gasteiger partial charge in [-0.1, -0.05) is 60.7 Å². The molecule has 0 aliphatic carbocycles. The Balaban J connectivity index is 1.66. The van der Waals surface area contributed by atoms with Crippen LogP contribution in [0, 0.1) is 0 Å². The third-order valence-corrected chi connectivity index (χ3v) is 4.27. The minimum absolute atomic E-state index is 0.211. The highest BCUT2D eigenvalue weighted by Gasteiger charge is 2.06. The molecule has 0 radical (unpaired) electrons. The third kappa shape index (κ3) is 5.17. The number of ether oxygens (including phenoxy) is 1. The fraction of sp³-hybridized carbons (Fsp3) is 0.0833. The van der Waals surface area contributed by atoms with Crippen LogP contribution >= 0.6 is 0 Å². The van der Waals surface area contributed by atoms with Gasteiger partial charge >= 0.3 is 5.97 Å². The summed E-state index contributed by atoms with van der Waals surface area (Å²) >= 11 is 0. The SMILES string of the molecule is COC(=O)c1ccc(/C=C/C(=O)Nc2ccccc2Cc2ccccc2)cc1. The standard InChI is InChI=1S/C24H21NO3/c1-28-24(27)20-14-11-18(12-15-20)13-16-23(26)25-22-10-6-5-9-21(22)17-19-7-3-2-4-8-19/h2-16H,17H2,1H3,(H,25,26)/b16-13+. The van der Waals surface area contributed by atoms with Gasteiger partial charge in [0.15, 0.2) is 0 Å². The molecule has 4 nitrogen and oxygen atoms in total. The summed E-state index contributed by atoms with van der Waals surface area (Å²) in [4.78, 5) is 23.8. The summed E-state index contributed by atoms with van der Waals surface area (Å²) in [5.74, 6) is -0.596. The maximum absolute atomic E-state index is 12.3. The van der Waals surface area contributed by atoms with E-state index in [-0.39, 0.29) is 11.9 Å². The van der Waals surface area contributed by atoms with Gasteiger partial charge in [-0.3, -0.25) is 4.79 Å². The van der Waals surface area contributed by atoms with Gasteiger partial charge in [-0.05, 0) is 47.4 Å². The molecule has 4 heteroatoms. The van der Waals surface area contributed by atoms with Gasteiger partial charge in [-0.2, -0.15) is 0 Å². The minimum atomic E-state index is -0.386. The highest BCUT2D eigenvalue weighted by Crippen LogP contribution is 2.19. The molecule has 0 unspecified atom stereocenters. The molecule has 1 amide bonds. The molecule has 3 rings (SSSR count). The van der Waals surface area contributed by atoms with E-state index in [1.54, 1.807) is 30.3 Å². The van der Waals surface area contributed by atoms with Crippen molar-refractivity contribution in [3.63, 3.8) is 0 Å². The molecule has 0 saturated carbocycles. The number of nitrogens with one attached hydrogen (secondary N) is 1. The first-order valence-electron chi connectivity index (χ1n) is 8.95. The molecule has 3 aromatic carbocycles. The van der Waals surface area contributed by atoms with Crippen LogP contribution in [0.2, 0.25) is 0 Å². The van der Waals surface area contributed by atoms with Crippen molar-refractivity contribution < 1.29 is 14.3 Å². The number of hydrogen-bond donors (Lipinski definition) is 1. The second kappa shape index (κ2) is 9.33. The number of carbonyl (C=O) groups is 2. The first-order chi connectivity index (χ1) is 13.7. The average molecular weight is 371 g/mol. The molecule has 1 N–H and O–H groups in total. The Morgan fingerprint density at radius 3 is 2.29 bits per heavy atom. The lowest BCUT2D eigenvalue weighted by Crippen LogP contribution is -2.10. The molecule has 140 valence electrons. The Kier molecular flexibility index (Phi) is 6.37. The van der Waals surface area contributed by atoms with Crippen LogP contribution in [0.5, 0.6) is 0 Å². The summed E-state index contributed by atoms with van der Waals surface area (Å²) in [6.07, 6.45) is 3.93. The predicted octanol–water partition coefficient (Wildman–Crippen LogP) is 4.72. The van der Waals surface area contributed by atoms with Gasteiger partial charge in [0.2, 0.25) is 5.91 Å². The van der Waals surface area contributed by atoms with Crippen molar-refractivity contribution in [1.29, 1.82) is 0 Å². The lowest BCUT2D eigenvalue weighted by Gasteiger charge is -2.10. The summed E-state index contributed by atoms with van der Waals surface area (Å²) in [5, 5.41) is 2.94. The maximum atomic E-state index is 12.3. The van der Waals surface area contributed by atoms with Crippen molar-refractivity contribution in [3.05, 3.63) is 107 Å². The number of amides is 1. The largest absolute Gasteiger partial charge is 0.465 e. The van der Waals surface area contributed by atoms with E-state index in [9.17, 15) is 9.59 Å². The number of methoxy groups -OCH3 is 1. The maximum Gasteiger partial charge on any atom is 0.337 e. The Morgan fingerprint density at radius 1 is 0.893 bits per heavy atom. The minimum Gasteiger partial charge on any atom is -0.465 e. The van der Waals surface area contributed by atoms with Gasteiger partial charge < -0.3 is 10.1 Å². The average Bonchev–Trinajstić information content (AvgIpc) is 2.74. The Morgan fingerprint density at radius 2 is 1.57 bits per heavy atom. The van der Waals surface area contributed by atoms with Crippen LogP contribution in [0.25, 0.3) is 6.08 Å². The van der Waals surface area contributed by atoms with E-state index in [4.69, 9.17) is 0 Å². The normalized spacial score (nSPS) is 10.6. The van der Waals surface area contributed by atoms with Crippen LogP contribution in [-0.2, 0) is 16.0 Å². The topological polar surface area (TPSA) is 55.4 Å². The van der Waals surface area contributed by atoms with Gasteiger partial charge in [-0.15, -0.1) is 0 Å². The summed E-state index contributed by atoms with van der Waals surface area (Å²) in [6, 6.07) is 24.8. The van der Waals surface area contributed by atoms with Crippen LogP contribution in [-0.4, -0.2) is 19.0 Å². The molecule has 0 fully saturated rings. The lowest BCUT2D eigenvalue weighted by atomic mass is 10.0. The van der Waals surface area contributed by atoms with E-state index < -0.39 is 0 Å². The molecule has 0 atom stereocenters. The smallest absolute Gasteiger partial charge is 0.337 e. The highest BCUT2D eigenvalue weighted by atomic mass is 16.5. The molecule has 0 aliphatic rings. The number of para-hydroxylation sites is 1. The second-order valence-electron chi connectivity index (χ2n) is 6.26. The van der Waals surface area contributed by atoms with Gasteiger partial charge in [0.1, 0.15) is 0 Å². The van der Waals surface area contributed by atoms with Crippen molar-refractivity contribution in [2.45, 2.75) is 6.42 Å². The lowest BCUT2D eigenvalue weighted by molar-refractivity contribution is -0.111. The molecule has 3 aromatic rings. The third-order valence-electron chi connectivity index (χ3n) is 4.27. The molecular weight excluding hydrogens is 350 g/mol. The van der Waals surface area contributed by atoms with Gasteiger partial charge in [0.05, 0.1) is 12.7 Å². The van der Waals surface area contributed by atoms with Crippen LogP contribution in [0.3, 0.4) is 0 Å². The molecule has 0 aromatic heterocycles. The summed E-state index contributed by atoms with van der Waals surface area (Å²) < 4.78 is 4.67. The fourth-order valence-electron chi connectivity index (χ4n) is 2.81. The quantitative estimate of drug-likeness (QED) is 0.504. The molecule has 0 bridgehead atoms. The van der Waals surface area contributed by atoms with Crippen LogP contribution < -0.4 is 5.32 Å². The van der Waals surface area contributed by atoms with E-state index in [0.717, 1.165) is 23.2 Å². The molecular formula is C24H21NO3. The van der Waals surface area contributed by atoms with Crippen molar-refractivity contribution in [3.8, 4) is 0 Å². The Labute approximate surface area is 164 Å². The summed E-state index contributed by atoms with van der Waals surface area (Å²) in [5.41, 5.74) is 4.32. The van der Waals surface area contributed by atoms with Crippen molar-refractivity contribution in [2.24, 2.45) is 0 Å². The number of anilines is 1. The van der Waals surface area contributed by atoms with Crippen LogP contribution in [0.1, 0.15) is 27.0 Å². The highest BCUT2D eigenvalue weighted by molar-refractivity contribution is 6.02. The zero-order valence-corrected chi connectivity index (χ0v) is 15.6. The van der Waals surface area contributed by atoms with E-state index in [2.05, 4.69) is 22.2 Å². The van der Waals surface area contributed by atoms with Gasteiger partial charge in [0.25, 0.3) is 0 Å². The monoisotopic (exact) mass is 371 g/mol. The fourth-order valence-corrected chi connectivity index (χ4v) is 2.81. The number of hydrogen-bond acceptors (Lipinski definition) is 3. The first kappa shape index (κ1) is 19.1. The second-order valence-corrected chi connectivity index (χ2v) is 6.26. The van der Waals surface area contributed by atoms with E-state index in [1.807, 2.05) is 42.5 Å². The zero-order valence-electron chi connectivity index (χ0n) is 15.6. The Bertz CT molecular complexity index is 976. The first-order valence-corrected chi connectivity index (χ1v) is 8.95. The number of rotatable bonds is 6. The van der Waals surface area contributed by atoms with Crippen molar-refractivity contribution in [2.75, 3.05) is 12.4 Å². The molecule has 0 heterocycles. The summed E-state index contributed by atoms with van der Waals surface area (Å²) in [6.45, 7) is 0. The molecule has 0 aliphatic heterocycles. The number of carbonyl (C=O) groups excluding carboxylic acids is 2. The number of esters is 1. The molecule has 0 spiro atoms. The van der Waals surface area contributed by atoms with Gasteiger partial charge in [-0.25, -0.2) is 4.79 Å². The van der Waals surface area contributed by atoms with Crippen molar-refractivity contribution >= 4 is 23.6 Å². The molecule has 28 heavy (non-hydrogen) atoms.